The molecule has 1 aromatic carbocycles. The van der Waals surface area contributed by atoms with Crippen molar-refractivity contribution in [2.24, 2.45) is 11.1 Å². The summed E-state index contributed by atoms with van der Waals surface area (Å²) in [6.45, 7) is 4.74. The zero-order valence-corrected chi connectivity index (χ0v) is 12.3. The molecule has 0 saturated carbocycles. The molecule has 0 fully saturated rings. The Morgan fingerprint density at radius 2 is 1.79 bits per heavy atom. The summed E-state index contributed by atoms with van der Waals surface area (Å²) < 4.78 is 0. The van der Waals surface area contributed by atoms with Crippen LogP contribution in [-0.2, 0) is 12.8 Å². The van der Waals surface area contributed by atoms with E-state index in [2.05, 4.69) is 31.2 Å². The predicted octanol–water partition coefficient (Wildman–Crippen LogP) is 3.06. The summed E-state index contributed by atoms with van der Waals surface area (Å²) in [5.74, 6) is 0. The second-order valence-electron chi connectivity index (χ2n) is 6.34. The molecular formula is C17H27NO. The Balaban J connectivity index is 2.16. The molecule has 0 radical (unpaired) electrons. The third-order valence-corrected chi connectivity index (χ3v) is 4.98. The molecule has 0 spiro atoms. The van der Waals surface area contributed by atoms with Crippen LogP contribution < -0.4 is 5.73 Å². The molecule has 2 rings (SSSR count). The Bertz CT molecular complexity index is 400. The SMILES string of the molecule is CCCCCC(C)(O)C1(CN)Cc2ccccc2C1. The van der Waals surface area contributed by atoms with Crippen molar-refractivity contribution >= 4 is 0 Å². The van der Waals surface area contributed by atoms with Crippen molar-refractivity contribution in [2.75, 3.05) is 6.54 Å². The Morgan fingerprint density at radius 3 is 2.26 bits per heavy atom. The third kappa shape index (κ3) is 2.70. The van der Waals surface area contributed by atoms with Crippen LogP contribution in [0.25, 0.3) is 0 Å². The number of hydrogen-bond acceptors (Lipinski definition) is 2. The highest BCUT2D eigenvalue weighted by molar-refractivity contribution is 5.36. The molecule has 0 aliphatic heterocycles. The molecule has 0 amide bonds. The Morgan fingerprint density at radius 1 is 1.21 bits per heavy atom. The maximum absolute atomic E-state index is 11.0. The van der Waals surface area contributed by atoms with Crippen molar-refractivity contribution in [3.63, 3.8) is 0 Å². The summed E-state index contributed by atoms with van der Waals surface area (Å²) in [5, 5.41) is 11.0. The summed E-state index contributed by atoms with van der Waals surface area (Å²) >= 11 is 0. The van der Waals surface area contributed by atoms with E-state index in [-0.39, 0.29) is 5.41 Å². The Kier molecular flexibility index (Phi) is 4.32. The van der Waals surface area contributed by atoms with Gasteiger partial charge in [0.05, 0.1) is 5.60 Å². The summed E-state index contributed by atoms with van der Waals surface area (Å²) in [7, 11) is 0. The number of benzene rings is 1. The van der Waals surface area contributed by atoms with Crippen molar-refractivity contribution in [1.82, 2.24) is 0 Å². The van der Waals surface area contributed by atoms with E-state index in [4.69, 9.17) is 5.73 Å². The quantitative estimate of drug-likeness (QED) is 0.773. The molecule has 3 N–H and O–H groups in total. The maximum Gasteiger partial charge on any atom is 0.0694 e. The third-order valence-electron chi connectivity index (χ3n) is 4.98. The van der Waals surface area contributed by atoms with Crippen LogP contribution in [0.3, 0.4) is 0 Å². The topological polar surface area (TPSA) is 46.2 Å². The monoisotopic (exact) mass is 261 g/mol. The van der Waals surface area contributed by atoms with Crippen molar-refractivity contribution in [3.05, 3.63) is 35.4 Å². The van der Waals surface area contributed by atoms with Gasteiger partial charge >= 0.3 is 0 Å². The molecule has 1 aliphatic carbocycles. The molecule has 0 aromatic heterocycles. The number of rotatable bonds is 6. The predicted molar refractivity (Wildman–Crippen MR) is 80.1 cm³/mol. The summed E-state index contributed by atoms with van der Waals surface area (Å²) in [6.07, 6.45) is 6.14. The Hall–Kier alpha value is -0.860. The highest BCUT2D eigenvalue weighted by Crippen LogP contribution is 2.46. The summed E-state index contributed by atoms with van der Waals surface area (Å²) in [5.41, 5.74) is 7.96. The van der Waals surface area contributed by atoms with Crippen LogP contribution in [0.5, 0.6) is 0 Å². The second-order valence-corrected chi connectivity index (χ2v) is 6.34. The van der Waals surface area contributed by atoms with E-state index in [9.17, 15) is 5.11 Å². The molecule has 2 nitrogen and oxygen atoms in total. The van der Waals surface area contributed by atoms with E-state index in [1.54, 1.807) is 0 Å². The molecule has 1 atom stereocenters. The standard InChI is InChI=1S/C17H27NO/c1-3-4-7-10-16(2,19)17(13-18)11-14-8-5-6-9-15(14)12-17/h5-6,8-9,19H,3-4,7,10-13,18H2,1-2H3. The largest absolute Gasteiger partial charge is 0.390 e. The minimum atomic E-state index is -0.671. The molecule has 0 heterocycles. The van der Waals surface area contributed by atoms with Crippen molar-refractivity contribution in [3.8, 4) is 0 Å². The van der Waals surface area contributed by atoms with Crippen LogP contribution in [-0.4, -0.2) is 17.3 Å². The number of nitrogens with two attached hydrogens (primary N) is 1. The van der Waals surface area contributed by atoms with Gasteiger partial charge in [0, 0.05) is 12.0 Å². The molecule has 1 unspecified atom stereocenters. The lowest BCUT2D eigenvalue weighted by molar-refractivity contribution is -0.0690. The van der Waals surface area contributed by atoms with E-state index in [0.717, 1.165) is 25.7 Å². The Labute approximate surface area is 117 Å². The highest BCUT2D eigenvalue weighted by Gasteiger charge is 2.48. The highest BCUT2D eigenvalue weighted by atomic mass is 16.3. The minimum Gasteiger partial charge on any atom is -0.390 e. The fourth-order valence-corrected chi connectivity index (χ4v) is 3.42. The van der Waals surface area contributed by atoms with Gasteiger partial charge in [0.2, 0.25) is 0 Å². The number of hydrogen-bond donors (Lipinski definition) is 2. The van der Waals surface area contributed by atoms with Crippen LogP contribution in [0.2, 0.25) is 0 Å². The molecule has 2 heteroatoms. The summed E-state index contributed by atoms with van der Waals surface area (Å²) in [6, 6.07) is 8.51. The van der Waals surface area contributed by atoms with Gasteiger partial charge in [-0.1, -0.05) is 50.5 Å². The number of unbranched alkanes of at least 4 members (excludes halogenated alkanes) is 2. The van der Waals surface area contributed by atoms with Gasteiger partial charge in [-0.25, -0.2) is 0 Å². The molecule has 19 heavy (non-hydrogen) atoms. The molecule has 0 saturated heterocycles. The van der Waals surface area contributed by atoms with Crippen LogP contribution in [0.4, 0.5) is 0 Å². The maximum atomic E-state index is 11.0. The first-order valence-electron chi connectivity index (χ1n) is 7.54. The molecular weight excluding hydrogens is 234 g/mol. The zero-order chi connectivity index (χ0) is 13.9. The normalized spacial score (nSPS) is 20.0. The van der Waals surface area contributed by atoms with E-state index in [1.165, 1.54) is 24.0 Å². The second kappa shape index (κ2) is 5.64. The van der Waals surface area contributed by atoms with E-state index in [0.29, 0.717) is 6.54 Å². The first-order valence-corrected chi connectivity index (χ1v) is 7.54. The van der Waals surface area contributed by atoms with Crippen LogP contribution in [0, 0.1) is 5.41 Å². The average molecular weight is 261 g/mol. The first-order chi connectivity index (χ1) is 9.04. The van der Waals surface area contributed by atoms with Gasteiger partial charge in [-0.3, -0.25) is 0 Å². The lowest BCUT2D eigenvalue weighted by atomic mass is 9.68. The van der Waals surface area contributed by atoms with Gasteiger partial charge in [0.15, 0.2) is 0 Å². The lowest BCUT2D eigenvalue weighted by Crippen LogP contribution is -2.51. The van der Waals surface area contributed by atoms with Gasteiger partial charge in [0.1, 0.15) is 0 Å². The average Bonchev–Trinajstić information content (AvgIpc) is 2.79. The lowest BCUT2D eigenvalue weighted by Gasteiger charge is -2.42. The number of fused-ring (bicyclic) bond motifs is 1. The van der Waals surface area contributed by atoms with Gasteiger partial charge in [-0.05, 0) is 37.3 Å². The zero-order valence-electron chi connectivity index (χ0n) is 12.3. The van der Waals surface area contributed by atoms with Crippen molar-refractivity contribution < 1.29 is 5.11 Å². The van der Waals surface area contributed by atoms with Gasteiger partial charge in [0.25, 0.3) is 0 Å². The van der Waals surface area contributed by atoms with Crippen molar-refractivity contribution in [1.29, 1.82) is 0 Å². The van der Waals surface area contributed by atoms with E-state index >= 15 is 0 Å². The van der Waals surface area contributed by atoms with Gasteiger partial charge in [-0.2, -0.15) is 0 Å². The minimum absolute atomic E-state index is 0.176. The van der Waals surface area contributed by atoms with E-state index in [1.807, 2.05) is 6.92 Å². The molecule has 1 aromatic rings. The molecule has 0 bridgehead atoms. The summed E-state index contributed by atoms with van der Waals surface area (Å²) in [4.78, 5) is 0. The number of aliphatic hydroxyl groups is 1. The first kappa shape index (κ1) is 14.5. The fourth-order valence-electron chi connectivity index (χ4n) is 3.42. The van der Waals surface area contributed by atoms with Crippen molar-refractivity contribution in [2.45, 2.75) is 58.0 Å². The van der Waals surface area contributed by atoms with Crippen LogP contribution in [0.15, 0.2) is 24.3 Å². The fraction of sp³-hybridized carbons (Fsp3) is 0.647. The van der Waals surface area contributed by atoms with Crippen LogP contribution >= 0.6 is 0 Å². The van der Waals surface area contributed by atoms with Crippen LogP contribution in [0.1, 0.15) is 50.7 Å². The smallest absolute Gasteiger partial charge is 0.0694 e. The molecule has 106 valence electrons. The van der Waals surface area contributed by atoms with Gasteiger partial charge < -0.3 is 10.8 Å². The molecule has 1 aliphatic rings. The van der Waals surface area contributed by atoms with E-state index < -0.39 is 5.60 Å². The van der Waals surface area contributed by atoms with Gasteiger partial charge in [-0.15, -0.1) is 0 Å².